The van der Waals surface area contributed by atoms with Gasteiger partial charge in [-0.05, 0) is 32.8 Å². The van der Waals surface area contributed by atoms with Gasteiger partial charge in [-0.25, -0.2) is 4.79 Å². The van der Waals surface area contributed by atoms with Gasteiger partial charge in [0, 0.05) is 26.4 Å². The molecule has 0 aliphatic carbocycles. The summed E-state index contributed by atoms with van der Waals surface area (Å²) in [6, 6.07) is 8.50. The number of esters is 1. The van der Waals surface area contributed by atoms with Gasteiger partial charge in [0.05, 0.1) is 6.54 Å². The first-order valence-corrected chi connectivity index (χ1v) is 10.8. The second-order valence-electron chi connectivity index (χ2n) is 9.12. The van der Waals surface area contributed by atoms with Crippen molar-refractivity contribution in [3.05, 3.63) is 35.9 Å². The largest absolute Gasteiger partial charge is 0.460 e. The Bertz CT molecular complexity index is 866. The Labute approximate surface area is 188 Å². The summed E-state index contributed by atoms with van der Waals surface area (Å²) in [6.07, 6.45) is -0.948. The molecule has 0 aromatic heterocycles. The van der Waals surface area contributed by atoms with Gasteiger partial charge < -0.3 is 19.3 Å². The van der Waals surface area contributed by atoms with Crippen LogP contribution in [0.5, 0.6) is 0 Å². The molecule has 2 fully saturated rings. The molecule has 1 aromatic carbocycles. The number of carbonyl (C=O) groups is 4. The average Bonchev–Trinajstić information content (AvgIpc) is 2.72. The Balaban J connectivity index is 1.71. The van der Waals surface area contributed by atoms with Crippen LogP contribution in [0.3, 0.4) is 0 Å². The Morgan fingerprint density at radius 2 is 1.81 bits per heavy atom. The lowest BCUT2D eigenvalue weighted by atomic mass is 10.0. The maximum absolute atomic E-state index is 12.9. The van der Waals surface area contributed by atoms with E-state index in [4.69, 9.17) is 9.47 Å². The highest BCUT2D eigenvalue weighted by Gasteiger charge is 2.48. The number of likely N-dealkylation sites (N-methyl/N-ethyl adjacent to an activating group) is 1. The molecule has 2 heterocycles. The molecule has 174 valence electrons. The zero-order valence-electron chi connectivity index (χ0n) is 19.1. The number of amides is 3. The summed E-state index contributed by atoms with van der Waals surface area (Å²) in [5, 5.41) is 0. The highest BCUT2D eigenvalue weighted by molar-refractivity contribution is 5.90. The summed E-state index contributed by atoms with van der Waals surface area (Å²) in [6.45, 7) is 5.84. The molecule has 32 heavy (non-hydrogen) atoms. The second kappa shape index (κ2) is 9.58. The minimum Gasteiger partial charge on any atom is -0.460 e. The number of ether oxygens (including phenoxy) is 2. The highest BCUT2D eigenvalue weighted by Crippen LogP contribution is 2.28. The van der Waals surface area contributed by atoms with Crippen LogP contribution >= 0.6 is 0 Å². The number of fused-ring (bicyclic) bond motifs is 1. The summed E-state index contributed by atoms with van der Waals surface area (Å²) in [4.78, 5) is 55.1. The van der Waals surface area contributed by atoms with Crippen molar-refractivity contribution in [2.75, 3.05) is 20.1 Å². The molecule has 0 spiro atoms. The lowest BCUT2D eigenvalue weighted by Crippen LogP contribution is -2.70. The minimum atomic E-state index is -0.830. The van der Waals surface area contributed by atoms with Crippen molar-refractivity contribution in [3.8, 4) is 0 Å². The van der Waals surface area contributed by atoms with Crippen LogP contribution in [-0.2, 0) is 30.5 Å². The third-order valence-electron chi connectivity index (χ3n) is 5.45. The van der Waals surface area contributed by atoms with Crippen molar-refractivity contribution in [2.24, 2.45) is 0 Å². The Morgan fingerprint density at radius 3 is 2.47 bits per heavy atom. The summed E-state index contributed by atoms with van der Waals surface area (Å²) in [5.74, 6) is -0.894. The third-order valence-corrected chi connectivity index (χ3v) is 5.45. The van der Waals surface area contributed by atoms with Crippen LogP contribution in [0.2, 0.25) is 0 Å². The van der Waals surface area contributed by atoms with Gasteiger partial charge in [-0.1, -0.05) is 30.3 Å². The molecule has 2 aliphatic rings. The van der Waals surface area contributed by atoms with E-state index in [1.807, 2.05) is 30.3 Å². The predicted octanol–water partition coefficient (Wildman–Crippen LogP) is 2.15. The van der Waals surface area contributed by atoms with Crippen LogP contribution in [-0.4, -0.2) is 76.5 Å². The summed E-state index contributed by atoms with van der Waals surface area (Å²) < 4.78 is 10.8. The van der Waals surface area contributed by atoms with Crippen LogP contribution in [0.1, 0.15) is 45.6 Å². The molecular formula is C23H31N3O6. The molecule has 2 aliphatic heterocycles. The molecule has 0 unspecified atom stereocenters. The number of benzene rings is 1. The smallest absolute Gasteiger partial charge is 0.411 e. The van der Waals surface area contributed by atoms with Gasteiger partial charge in [0.25, 0.3) is 0 Å². The zero-order chi connectivity index (χ0) is 23.5. The van der Waals surface area contributed by atoms with Gasteiger partial charge in [-0.15, -0.1) is 0 Å². The zero-order valence-corrected chi connectivity index (χ0v) is 19.1. The Kier molecular flexibility index (Phi) is 7.06. The first-order valence-electron chi connectivity index (χ1n) is 10.8. The topological polar surface area (TPSA) is 96.5 Å². The number of hydrogen-bond donors (Lipinski definition) is 0. The molecule has 2 atom stereocenters. The monoisotopic (exact) mass is 445 g/mol. The maximum atomic E-state index is 12.9. The maximum Gasteiger partial charge on any atom is 0.411 e. The van der Waals surface area contributed by atoms with Crippen molar-refractivity contribution in [1.29, 1.82) is 0 Å². The fourth-order valence-corrected chi connectivity index (χ4v) is 4.01. The van der Waals surface area contributed by atoms with Crippen LogP contribution in [0.15, 0.2) is 30.3 Å². The fraction of sp³-hybridized carbons (Fsp3) is 0.565. The predicted molar refractivity (Wildman–Crippen MR) is 115 cm³/mol. The quantitative estimate of drug-likeness (QED) is 0.645. The van der Waals surface area contributed by atoms with Gasteiger partial charge in [0.15, 0.2) is 0 Å². The van der Waals surface area contributed by atoms with Crippen molar-refractivity contribution in [3.63, 3.8) is 0 Å². The SMILES string of the molecule is CN1C[C@@H]2N(C(=O)OCc3ccccc3)CCC(=O)N2[C@@H](CCC(=O)OC(C)(C)C)C1=O. The van der Waals surface area contributed by atoms with E-state index in [1.54, 1.807) is 27.8 Å². The molecule has 0 radical (unpaired) electrons. The minimum absolute atomic E-state index is 0.00350. The van der Waals surface area contributed by atoms with Gasteiger partial charge in [0.2, 0.25) is 11.8 Å². The van der Waals surface area contributed by atoms with Crippen LogP contribution in [0.4, 0.5) is 4.79 Å². The molecule has 2 saturated heterocycles. The molecular weight excluding hydrogens is 414 g/mol. The molecule has 0 bridgehead atoms. The molecule has 1 aromatic rings. The first-order chi connectivity index (χ1) is 15.1. The van der Waals surface area contributed by atoms with Crippen molar-refractivity contribution >= 4 is 23.9 Å². The van der Waals surface area contributed by atoms with Gasteiger partial charge in [-0.3, -0.25) is 19.3 Å². The van der Waals surface area contributed by atoms with E-state index in [0.29, 0.717) is 0 Å². The van der Waals surface area contributed by atoms with Crippen molar-refractivity contribution in [2.45, 2.75) is 64.4 Å². The normalized spacial score (nSPS) is 21.3. The second-order valence-corrected chi connectivity index (χ2v) is 9.12. The van der Waals surface area contributed by atoms with Crippen molar-refractivity contribution in [1.82, 2.24) is 14.7 Å². The van der Waals surface area contributed by atoms with E-state index in [9.17, 15) is 19.2 Å². The van der Waals surface area contributed by atoms with Gasteiger partial charge in [0.1, 0.15) is 24.4 Å². The van der Waals surface area contributed by atoms with Crippen LogP contribution in [0, 0.1) is 0 Å². The number of rotatable bonds is 5. The van der Waals surface area contributed by atoms with Gasteiger partial charge in [-0.2, -0.15) is 0 Å². The number of hydrogen-bond acceptors (Lipinski definition) is 6. The average molecular weight is 446 g/mol. The summed E-state index contributed by atoms with van der Waals surface area (Å²) >= 11 is 0. The van der Waals surface area contributed by atoms with E-state index < -0.39 is 29.9 Å². The number of nitrogens with zero attached hydrogens (tertiary/aromatic N) is 3. The van der Waals surface area contributed by atoms with Crippen LogP contribution in [0.25, 0.3) is 0 Å². The highest BCUT2D eigenvalue weighted by atomic mass is 16.6. The van der Waals surface area contributed by atoms with Crippen molar-refractivity contribution < 1.29 is 28.7 Å². The fourth-order valence-electron chi connectivity index (χ4n) is 4.01. The molecule has 0 N–H and O–H groups in total. The van der Waals surface area contributed by atoms with E-state index >= 15 is 0 Å². The van der Waals surface area contributed by atoms with E-state index in [0.717, 1.165) is 5.56 Å². The first kappa shape index (κ1) is 23.6. The van der Waals surface area contributed by atoms with Crippen LogP contribution < -0.4 is 0 Å². The molecule has 3 amide bonds. The molecule has 3 rings (SSSR count). The lowest BCUT2D eigenvalue weighted by Gasteiger charge is -2.51. The Morgan fingerprint density at radius 1 is 1.12 bits per heavy atom. The number of carbonyl (C=O) groups excluding carboxylic acids is 4. The molecule has 0 saturated carbocycles. The van der Waals surface area contributed by atoms with E-state index in [2.05, 4.69) is 0 Å². The summed E-state index contributed by atoms with van der Waals surface area (Å²) in [5.41, 5.74) is 0.227. The van der Waals surface area contributed by atoms with E-state index in [1.165, 1.54) is 14.7 Å². The van der Waals surface area contributed by atoms with E-state index in [-0.39, 0.29) is 50.8 Å². The lowest BCUT2D eigenvalue weighted by molar-refractivity contribution is -0.168. The third kappa shape index (κ3) is 5.57. The Hall–Kier alpha value is -3.10. The molecule has 9 heteroatoms. The summed E-state index contributed by atoms with van der Waals surface area (Å²) in [7, 11) is 1.63. The molecule has 9 nitrogen and oxygen atoms in total. The number of piperazine rings is 1. The van der Waals surface area contributed by atoms with Gasteiger partial charge >= 0.3 is 12.1 Å². The standard InChI is InChI=1S/C23H31N3O6/c1-23(2,3)32-20(28)11-10-17-21(29)24(4)14-18-25(13-12-19(27)26(17)18)22(30)31-15-16-8-6-5-7-9-16/h5-9,17-18H,10-15H2,1-4H3/t17-,18+/m0/s1.